The zero-order valence-corrected chi connectivity index (χ0v) is 22.5. The largest absolute Gasteiger partial charge is 0.457 e. The molecular formula is C31H32N2O6. The number of benzene rings is 3. The van der Waals surface area contributed by atoms with E-state index in [1.54, 1.807) is 53.4 Å². The molecule has 0 aliphatic carbocycles. The minimum Gasteiger partial charge on any atom is -0.457 e. The number of nitrogens with one attached hydrogen (secondary N) is 1. The van der Waals surface area contributed by atoms with Crippen molar-refractivity contribution in [3.05, 3.63) is 83.4 Å². The molecule has 8 nitrogen and oxygen atoms in total. The molecule has 1 heterocycles. The Hall–Kier alpha value is -4.46. The van der Waals surface area contributed by atoms with Crippen LogP contribution in [0.5, 0.6) is 11.5 Å². The van der Waals surface area contributed by atoms with Crippen molar-refractivity contribution in [2.24, 2.45) is 5.92 Å². The Balaban J connectivity index is 1.31. The summed E-state index contributed by atoms with van der Waals surface area (Å²) in [7, 11) is 0. The van der Waals surface area contributed by atoms with E-state index in [9.17, 15) is 19.2 Å². The molecule has 0 spiro atoms. The Morgan fingerprint density at radius 3 is 2.33 bits per heavy atom. The van der Waals surface area contributed by atoms with Crippen LogP contribution in [0.1, 0.15) is 54.6 Å². The summed E-state index contributed by atoms with van der Waals surface area (Å²) >= 11 is 0. The van der Waals surface area contributed by atoms with E-state index in [0.717, 1.165) is 16.9 Å². The second kappa shape index (κ2) is 11.9. The molecule has 1 atom stereocenters. The van der Waals surface area contributed by atoms with Crippen LogP contribution in [0.15, 0.2) is 66.7 Å². The van der Waals surface area contributed by atoms with Gasteiger partial charge in [-0.3, -0.25) is 19.2 Å². The molecule has 8 heteroatoms. The molecule has 0 saturated carbocycles. The van der Waals surface area contributed by atoms with Crippen molar-refractivity contribution in [2.75, 3.05) is 23.4 Å². The summed E-state index contributed by atoms with van der Waals surface area (Å²) in [5, 5.41) is 2.62. The van der Waals surface area contributed by atoms with Gasteiger partial charge < -0.3 is 19.7 Å². The number of ketones is 1. The van der Waals surface area contributed by atoms with Crippen LogP contribution in [-0.2, 0) is 19.1 Å². The van der Waals surface area contributed by atoms with Crippen LogP contribution in [0.2, 0.25) is 0 Å². The third-order valence-electron chi connectivity index (χ3n) is 6.55. The van der Waals surface area contributed by atoms with E-state index in [1.807, 2.05) is 13.0 Å². The fourth-order valence-electron chi connectivity index (χ4n) is 4.38. The number of hydrogen-bond acceptors (Lipinski definition) is 6. The van der Waals surface area contributed by atoms with E-state index in [0.29, 0.717) is 28.6 Å². The highest BCUT2D eigenvalue weighted by molar-refractivity contribution is 6.00. The lowest BCUT2D eigenvalue weighted by molar-refractivity contribution is -0.151. The van der Waals surface area contributed by atoms with E-state index in [2.05, 4.69) is 31.3 Å². The minimum atomic E-state index is -0.669. The SMILES string of the molecule is CC(=O)c1ccc(NC(=O)COC(=O)[C@@H]2CC(=O)N(c3ccc(Oc4cc(C)ccc4C(C)C)cc3)C2)cc1. The summed E-state index contributed by atoms with van der Waals surface area (Å²) in [6.07, 6.45) is 0.00620. The number of Topliss-reactive ketones (excluding diaryl/α,β-unsaturated/α-hetero) is 1. The highest BCUT2D eigenvalue weighted by Gasteiger charge is 2.36. The maximum atomic E-state index is 12.7. The molecule has 1 aliphatic rings. The number of carbonyl (C=O) groups excluding carboxylic acids is 4. The molecule has 1 aliphatic heterocycles. The molecule has 1 N–H and O–H groups in total. The monoisotopic (exact) mass is 528 g/mol. The molecule has 0 aromatic heterocycles. The third kappa shape index (κ3) is 6.90. The Morgan fingerprint density at radius 2 is 1.69 bits per heavy atom. The van der Waals surface area contributed by atoms with Gasteiger partial charge in [0.25, 0.3) is 5.91 Å². The molecule has 0 radical (unpaired) electrons. The molecule has 0 unspecified atom stereocenters. The number of ether oxygens (including phenoxy) is 2. The van der Waals surface area contributed by atoms with Gasteiger partial charge in [-0.05, 0) is 85.5 Å². The smallest absolute Gasteiger partial charge is 0.311 e. The second-order valence-electron chi connectivity index (χ2n) is 9.99. The fraction of sp³-hybridized carbons (Fsp3) is 0.290. The molecule has 1 saturated heterocycles. The average molecular weight is 529 g/mol. The normalized spacial score (nSPS) is 14.8. The summed E-state index contributed by atoms with van der Waals surface area (Å²) in [6, 6.07) is 19.7. The van der Waals surface area contributed by atoms with Crippen LogP contribution in [0, 0.1) is 12.8 Å². The first-order valence-electron chi connectivity index (χ1n) is 12.9. The number of amides is 2. The highest BCUT2D eigenvalue weighted by atomic mass is 16.5. The van der Waals surface area contributed by atoms with Crippen molar-refractivity contribution in [1.29, 1.82) is 0 Å². The van der Waals surface area contributed by atoms with Gasteiger partial charge in [-0.1, -0.05) is 26.0 Å². The highest BCUT2D eigenvalue weighted by Crippen LogP contribution is 2.33. The number of anilines is 2. The molecule has 4 rings (SSSR count). The summed E-state index contributed by atoms with van der Waals surface area (Å²) in [5.74, 6) is -0.291. The fourth-order valence-corrected chi connectivity index (χ4v) is 4.38. The molecule has 39 heavy (non-hydrogen) atoms. The van der Waals surface area contributed by atoms with Gasteiger partial charge >= 0.3 is 5.97 Å². The average Bonchev–Trinajstić information content (AvgIpc) is 3.29. The predicted octanol–water partition coefficient (Wildman–Crippen LogP) is 5.65. The number of nitrogens with zero attached hydrogens (tertiary/aromatic N) is 1. The van der Waals surface area contributed by atoms with Crippen LogP contribution in [0.4, 0.5) is 11.4 Å². The van der Waals surface area contributed by atoms with Gasteiger partial charge in [-0.15, -0.1) is 0 Å². The van der Waals surface area contributed by atoms with Crippen LogP contribution in [-0.4, -0.2) is 36.7 Å². The minimum absolute atomic E-state index is 0.00620. The lowest BCUT2D eigenvalue weighted by Gasteiger charge is -2.18. The predicted molar refractivity (Wildman–Crippen MR) is 148 cm³/mol. The van der Waals surface area contributed by atoms with Crippen molar-refractivity contribution in [3.63, 3.8) is 0 Å². The maximum Gasteiger partial charge on any atom is 0.311 e. The van der Waals surface area contributed by atoms with E-state index in [-0.39, 0.29) is 24.7 Å². The van der Waals surface area contributed by atoms with Crippen molar-refractivity contribution >= 4 is 34.9 Å². The maximum absolute atomic E-state index is 12.7. The van der Waals surface area contributed by atoms with Gasteiger partial charge in [0, 0.05) is 29.9 Å². The van der Waals surface area contributed by atoms with Gasteiger partial charge in [0.05, 0.1) is 5.92 Å². The summed E-state index contributed by atoms with van der Waals surface area (Å²) < 4.78 is 11.3. The van der Waals surface area contributed by atoms with Gasteiger partial charge in [-0.2, -0.15) is 0 Å². The molecular weight excluding hydrogens is 496 g/mol. The van der Waals surface area contributed by atoms with Crippen LogP contribution < -0.4 is 15.0 Å². The van der Waals surface area contributed by atoms with Crippen molar-refractivity contribution in [2.45, 2.75) is 40.0 Å². The zero-order chi connectivity index (χ0) is 28.1. The first-order valence-corrected chi connectivity index (χ1v) is 12.9. The Labute approximate surface area is 227 Å². The molecule has 3 aromatic carbocycles. The van der Waals surface area contributed by atoms with E-state index in [1.165, 1.54) is 6.92 Å². The molecule has 2 amide bonds. The Morgan fingerprint density at radius 1 is 1.00 bits per heavy atom. The number of esters is 1. The molecule has 0 bridgehead atoms. The first-order chi connectivity index (χ1) is 18.6. The van der Waals surface area contributed by atoms with Crippen molar-refractivity contribution in [1.82, 2.24) is 0 Å². The first kappa shape index (κ1) is 27.6. The Bertz CT molecular complexity index is 1380. The summed E-state index contributed by atoms with van der Waals surface area (Å²) in [5.41, 5.74) is 3.89. The lowest BCUT2D eigenvalue weighted by atomic mass is 10.0. The molecule has 1 fully saturated rings. The summed E-state index contributed by atoms with van der Waals surface area (Å²) in [6.45, 7) is 7.40. The Kier molecular flexibility index (Phi) is 8.44. The topological polar surface area (TPSA) is 102 Å². The van der Waals surface area contributed by atoms with Gasteiger partial charge in [-0.25, -0.2) is 0 Å². The van der Waals surface area contributed by atoms with E-state index >= 15 is 0 Å². The van der Waals surface area contributed by atoms with Crippen LogP contribution in [0.25, 0.3) is 0 Å². The second-order valence-corrected chi connectivity index (χ2v) is 9.99. The molecule has 202 valence electrons. The zero-order valence-electron chi connectivity index (χ0n) is 22.5. The van der Waals surface area contributed by atoms with E-state index in [4.69, 9.17) is 9.47 Å². The van der Waals surface area contributed by atoms with Crippen LogP contribution >= 0.6 is 0 Å². The van der Waals surface area contributed by atoms with Gasteiger partial charge in [0.1, 0.15) is 11.5 Å². The standard InChI is InChI=1S/C31H32N2O6/c1-19(2)27-14-5-20(3)15-28(27)39-26-12-10-25(11-13-26)33-17-23(16-30(33)36)31(37)38-18-29(35)32-24-8-6-22(7-9-24)21(4)34/h5-15,19,23H,16-18H2,1-4H3,(H,32,35)/t23-/m1/s1. The van der Waals surface area contributed by atoms with Crippen LogP contribution in [0.3, 0.4) is 0 Å². The van der Waals surface area contributed by atoms with Crippen molar-refractivity contribution in [3.8, 4) is 11.5 Å². The van der Waals surface area contributed by atoms with Gasteiger partial charge in [0.15, 0.2) is 12.4 Å². The third-order valence-corrected chi connectivity index (χ3v) is 6.55. The number of carbonyl (C=O) groups is 4. The number of hydrogen-bond donors (Lipinski definition) is 1. The van der Waals surface area contributed by atoms with Gasteiger partial charge in [0.2, 0.25) is 5.91 Å². The van der Waals surface area contributed by atoms with E-state index < -0.39 is 24.4 Å². The lowest BCUT2D eigenvalue weighted by Crippen LogP contribution is -2.28. The molecule has 3 aromatic rings. The van der Waals surface area contributed by atoms with Crippen molar-refractivity contribution < 1.29 is 28.7 Å². The quantitative estimate of drug-likeness (QED) is 0.285. The number of rotatable bonds is 9. The summed E-state index contributed by atoms with van der Waals surface area (Å²) in [4.78, 5) is 50.3. The number of aryl methyl sites for hydroxylation is 1.